The Kier molecular flexibility index (Phi) is 4.69. The van der Waals surface area contributed by atoms with Gasteiger partial charge in [-0.1, -0.05) is 65.0 Å². The first-order valence-electron chi connectivity index (χ1n) is 6.15. The predicted molar refractivity (Wildman–Crippen MR) is 83.1 cm³/mol. The molecule has 0 unspecified atom stereocenters. The number of carbonyl (C=O) groups excluding carboxylic acids is 1. The highest BCUT2D eigenvalue weighted by atomic mass is 79.9. The van der Waals surface area contributed by atoms with Crippen molar-refractivity contribution in [1.82, 2.24) is 0 Å². The van der Waals surface area contributed by atoms with Crippen LogP contribution in [0.25, 0.3) is 6.08 Å². The molecule has 19 heavy (non-hydrogen) atoms. The SMILES string of the molecule is C=Cc1cccc(CC(=O)Cc2cccc(Br)c2)c1. The van der Waals surface area contributed by atoms with Crippen LogP contribution in [0.1, 0.15) is 16.7 Å². The van der Waals surface area contributed by atoms with Crippen molar-refractivity contribution in [1.29, 1.82) is 0 Å². The molecule has 0 saturated carbocycles. The van der Waals surface area contributed by atoms with Crippen molar-refractivity contribution < 1.29 is 4.79 Å². The molecule has 2 aromatic carbocycles. The standard InChI is InChI=1S/C17H15BrO/c1-2-13-5-3-6-14(9-13)11-17(19)12-15-7-4-8-16(18)10-15/h2-10H,1,11-12H2. The van der Waals surface area contributed by atoms with E-state index in [9.17, 15) is 4.79 Å². The minimum atomic E-state index is 0.222. The molecule has 0 atom stereocenters. The van der Waals surface area contributed by atoms with Crippen molar-refractivity contribution in [2.24, 2.45) is 0 Å². The van der Waals surface area contributed by atoms with Crippen molar-refractivity contribution in [2.75, 3.05) is 0 Å². The van der Waals surface area contributed by atoms with Gasteiger partial charge in [0.2, 0.25) is 0 Å². The topological polar surface area (TPSA) is 17.1 Å². The molecule has 0 aromatic heterocycles. The van der Waals surface area contributed by atoms with Gasteiger partial charge >= 0.3 is 0 Å². The van der Waals surface area contributed by atoms with Gasteiger partial charge in [0.1, 0.15) is 5.78 Å². The third kappa shape index (κ3) is 4.18. The predicted octanol–water partition coefficient (Wildman–Crippen LogP) is 4.45. The number of hydrogen-bond acceptors (Lipinski definition) is 1. The monoisotopic (exact) mass is 314 g/mol. The second-order valence-electron chi connectivity index (χ2n) is 4.47. The Labute approximate surface area is 122 Å². The van der Waals surface area contributed by atoms with Crippen molar-refractivity contribution in [3.05, 3.63) is 76.3 Å². The summed E-state index contributed by atoms with van der Waals surface area (Å²) in [6.45, 7) is 3.74. The van der Waals surface area contributed by atoms with Crippen LogP contribution in [-0.2, 0) is 17.6 Å². The van der Waals surface area contributed by atoms with Crippen LogP contribution in [0, 0.1) is 0 Å². The van der Waals surface area contributed by atoms with Crippen LogP contribution in [0.2, 0.25) is 0 Å². The first-order chi connectivity index (χ1) is 9.17. The first-order valence-corrected chi connectivity index (χ1v) is 6.94. The van der Waals surface area contributed by atoms with Crippen LogP contribution in [-0.4, -0.2) is 5.78 Å². The molecule has 1 nitrogen and oxygen atoms in total. The first kappa shape index (κ1) is 13.8. The van der Waals surface area contributed by atoms with E-state index in [1.54, 1.807) is 6.08 Å². The number of rotatable bonds is 5. The summed E-state index contributed by atoms with van der Waals surface area (Å²) in [5.74, 6) is 0.222. The summed E-state index contributed by atoms with van der Waals surface area (Å²) < 4.78 is 1.01. The summed E-state index contributed by atoms with van der Waals surface area (Å²) in [6, 6.07) is 15.8. The third-order valence-corrected chi connectivity index (χ3v) is 3.37. The summed E-state index contributed by atoms with van der Waals surface area (Å²) in [6.07, 6.45) is 2.73. The normalized spacial score (nSPS) is 10.2. The summed E-state index contributed by atoms with van der Waals surface area (Å²) in [7, 11) is 0. The number of Topliss-reactive ketones (excluding diaryl/α,β-unsaturated/α-hetero) is 1. The molecular weight excluding hydrogens is 300 g/mol. The Balaban J connectivity index is 2.03. The largest absolute Gasteiger partial charge is 0.299 e. The lowest BCUT2D eigenvalue weighted by molar-refractivity contribution is -0.117. The van der Waals surface area contributed by atoms with Crippen molar-refractivity contribution in [3.8, 4) is 0 Å². The highest BCUT2D eigenvalue weighted by molar-refractivity contribution is 9.10. The maximum atomic E-state index is 12.1. The lowest BCUT2D eigenvalue weighted by Crippen LogP contribution is -2.06. The molecule has 0 amide bonds. The van der Waals surface area contributed by atoms with E-state index in [0.29, 0.717) is 12.8 Å². The lowest BCUT2D eigenvalue weighted by Gasteiger charge is -2.03. The number of carbonyl (C=O) groups is 1. The van der Waals surface area contributed by atoms with Crippen LogP contribution in [0.4, 0.5) is 0 Å². The van der Waals surface area contributed by atoms with Gasteiger partial charge < -0.3 is 0 Å². The molecule has 0 N–H and O–H groups in total. The van der Waals surface area contributed by atoms with Gasteiger partial charge in [-0.2, -0.15) is 0 Å². The van der Waals surface area contributed by atoms with Crippen LogP contribution in [0.15, 0.2) is 59.6 Å². The van der Waals surface area contributed by atoms with E-state index in [4.69, 9.17) is 0 Å². The molecule has 0 aliphatic carbocycles. The zero-order chi connectivity index (χ0) is 13.7. The third-order valence-electron chi connectivity index (χ3n) is 2.88. The van der Waals surface area contributed by atoms with Crippen LogP contribution in [0.5, 0.6) is 0 Å². The smallest absolute Gasteiger partial charge is 0.141 e. The zero-order valence-corrected chi connectivity index (χ0v) is 12.2. The Morgan fingerprint density at radius 1 is 1.05 bits per heavy atom. The molecule has 0 aliphatic rings. The van der Waals surface area contributed by atoms with Crippen LogP contribution in [0.3, 0.4) is 0 Å². The summed E-state index contributed by atoms with van der Waals surface area (Å²) in [5.41, 5.74) is 3.13. The molecule has 2 heteroatoms. The average molecular weight is 315 g/mol. The number of ketones is 1. The van der Waals surface area contributed by atoms with E-state index in [-0.39, 0.29) is 5.78 Å². The Morgan fingerprint density at radius 3 is 2.32 bits per heavy atom. The molecule has 0 radical (unpaired) electrons. The number of halogens is 1. The molecule has 0 spiro atoms. The van der Waals surface area contributed by atoms with E-state index >= 15 is 0 Å². The lowest BCUT2D eigenvalue weighted by atomic mass is 10.0. The van der Waals surface area contributed by atoms with Gasteiger partial charge in [0.25, 0.3) is 0 Å². The molecule has 2 aromatic rings. The van der Waals surface area contributed by atoms with Crippen molar-refractivity contribution >= 4 is 27.8 Å². The quantitative estimate of drug-likeness (QED) is 0.797. The molecule has 2 rings (SSSR count). The minimum absolute atomic E-state index is 0.222. The van der Waals surface area contributed by atoms with E-state index in [1.807, 2.05) is 48.5 Å². The number of hydrogen-bond donors (Lipinski definition) is 0. The maximum Gasteiger partial charge on any atom is 0.141 e. The summed E-state index contributed by atoms with van der Waals surface area (Å²) >= 11 is 3.42. The minimum Gasteiger partial charge on any atom is -0.299 e. The average Bonchev–Trinajstić information content (AvgIpc) is 2.38. The van der Waals surface area contributed by atoms with E-state index in [0.717, 1.165) is 21.2 Å². The second kappa shape index (κ2) is 6.48. The van der Waals surface area contributed by atoms with E-state index in [2.05, 4.69) is 22.5 Å². The van der Waals surface area contributed by atoms with Gasteiger partial charge in [-0.3, -0.25) is 4.79 Å². The van der Waals surface area contributed by atoms with Crippen LogP contribution < -0.4 is 0 Å². The van der Waals surface area contributed by atoms with E-state index in [1.165, 1.54) is 0 Å². The van der Waals surface area contributed by atoms with E-state index < -0.39 is 0 Å². The van der Waals surface area contributed by atoms with Crippen LogP contribution >= 0.6 is 15.9 Å². The van der Waals surface area contributed by atoms with Gasteiger partial charge in [0.15, 0.2) is 0 Å². The van der Waals surface area contributed by atoms with Crippen molar-refractivity contribution in [3.63, 3.8) is 0 Å². The Hall–Kier alpha value is -1.67. The van der Waals surface area contributed by atoms with Gasteiger partial charge in [-0.05, 0) is 28.8 Å². The molecule has 0 fully saturated rings. The maximum absolute atomic E-state index is 12.1. The fourth-order valence-electron chi connectivity index (χ4n) is 1.99. The summed E-state index contributed by atoms with van der Waals surface area (Å²) in [4.78, 5) is 12.1. The molecule has 0 saturated heterocycles. The number of benzene rings is 2. The molecular formula is C17H15BrO. The zero-order valence-electron chi connectivity index (χ0n) is 10.6. The Bertz CT molecular complexity index is 602. The fourth-order valence-corrected chi connectivity index (χ4v) is 2.44. The highest BCUT2D eigenvalue weighted by Crippen LogP contribution is 2.14. The second-order valence-corrected chi connectivity index (χ2v) is 5.39. The fraction of sp³-hybridized carbons (Fsp3) is 0.118. The van der Waals surface area contributed by atoms with Crippen molar-refractivity contribution in [2.45, 2.75) is 12.8 Å². The molecule has 0 bridgehead atoms. The Morgan fingerprint density at radius 2 is 1.68 bits per heavy atom. The van der Waals surface area contributed by atoms with Gasteiger partial charge in [0.05, 0.1) is 0 Å². The molecule has 0 heterocycles. The van der Waals surface area contributed by atoms with Gasteiger partial charge in [-0.15, -0.1) is 0 Å². The summed E-state index contributed by atoms with van der Waals surface area (Å²) in [5, 5.41) is 0. The van der Waals surface area contributed by atoms with Gasteiger partial charge in [0, 0.05) is 17.3 Å². The molecule has 96 valence electrons. The highest BCUT2D eigenvalue weighted by Gasteiger charge is 2.06. The molecule has 0 aliphatic heterocycles. The van der Waals surface area contributed by atoms with Gasteiger partial charge in [-0.25, -0.2) is 0 Å².